The number of likely N-dealkylation sites (tertiary alicyclic amines) is 1. The van der Waals surface area contributed by atoms with Crippen molar-refractivity contribution < 1.29 is 8.78 Å². The predicted octanol–water partition coefficient (Wildman–Crippen LogP) is 2.84. The fourth-order valence-electron chi connectivity index (χ4n) is 3.32. The van der Waals surface area contributed by atoms with Crippen molar-refractivity contribution in [3.05, 3.63) is 34.9 Å². The first-order valence-corrected chi connectivity index (χ1v) is 9.66. The molecule has 1 saturated heterocycles. The molecule has 0 radical (unpaired) electrons. The van der Waals surface area contributed by atoms with Gasteiger partial charge in [0.1, 0.15) is 0 Å². The zero-order valence-corrected chi connectivity index (χ0v) is 17.0. The van der Waals surface area contributed by atoms with E-state index in [0.717, 1.165) is 23.8 Å². The summed E-state index contributed by atoms with van der Waals surface area (Å²) in [6, 6.07) is 8.28. The van der Waals surface area contributed by atoms with Crippen LogP contribution in [0.3, 0.4) is 0 Å². The van der Waals surface area contributed by atoms with Gasteiger partial charge in [0.2, 0.25) is 0 Å². The first-order valence-electron chi connectivity index (χ1n) is 9.28. The quantitative estimate of drug-likeness (QED) is 0.544. The van der Waals surface area contributed by atoms with Gasteiger partial charge in [-0.3, -0.25) is 9.89 Å². The maximum atomic E-state index is 12.5. The molecular formula is C19H30ClF2N5. The van der Waals surface area contributed by atoms with E-state index in [1.54, 1.807) is 7.05 Å². The molecule has 0 amide bonds. The molecule has 0 spiro atoms. The molecule has 5 nitrogen and oxygen atoms in total. The average Bonchev–Trinajstić information content (AvgIpc) is 2.63. The maximum Gasteiger partial charge on any atom is 0.251 e. The topological polar surface area (TPSA) is 42.9 Å². The number of benzene rings is 1. The first-order chi connectivity index (χ1) is 12.9. The van der Waals surface area contributed by atoms with Crippen molar-refractivity contribution in [2.75, 3.05) is 47.3 Å². The molecule has 27 heavy (non-hydrogen) atoms. The molecule has 0 aromatic heterocycles. The minimum absolute atomic E-state index is 0.134. The molecule has 8 heteroatoms. The molecular weight excluding hydrogens is 372 g/mol. The molecule has 1 aliphatic rings. The number of aliphatic imine (C=N–C) groups is 1. The number of guanidine groups is 1. The lowest BCUT2D eigenvalue weighted by Crippen LogP contribution is -2.50. The van der Waals surface area contributed by atoms with E-state index < -0.39 is 6.43 Å². The summed E-state index contributed by atoms with van der Waals surface area (Å²) in [6.07, 6.45) is -0.594. The normalized spacial score (nSPS) is 18.1. The third kappa shape index (κ3) is 7.24. The highest BCUT2D eigenvalue weighted by Gasteiger charge is 2.22. The Bertz CT molecular complexity index is 586. The number of rotatable bonds is 7. The minimum Gasteiger partial charge on any atom is -0.354 e. The average molecular weight is 402 g/mol. The van der Waals surface area contributed by atoms with Crippen molar-refractivity contribution in [3.8, 4) is 0 Å². The summed E-state index contributed by atoms with van der Waals surface area (Å²) in [4.78, 5) is 8.28. The summed E-state index contributed by atoms with van der Waals surface area (Å²) in [5.74, 6) is 0.739. The Morgan fingerprint density at radius 3 is 2.41 bits per heavy atom. The number of piperidine rings is 1. The fraction of sp³-hybridized carbons (Fsp3) is 0.632. The van der Waals surface area contributed by atoms with Crippen LogP contribution in [0, 0.1) is 0 Å². The van der Waals surface area contributed by atoms with E-state index in [1.807, 2.05) is 43.3 Å². The van der Waals surface area contributed by atoms with Crippen LogP contribution in [0.1, 0.15) is 24.4 Å². The summed E-state index contributed by atoms with van der Waals surface area (Å²) in [6.45, 7) is 1.93. The fourth-order valence-corrected chi connectivity index (χ4v) is 3.45. The molecule has 1 unspecified atom stereocenters. The van der Waals surface area contributed by atoms with Crippen LogP contribution in [0.15, 0.2) is 29.3 Å². The Hall–Kier alpha value is -1.44. The van der Waals surface area contributed by atoms with Gasteiger partial charge in [0.15, 0.2) is 5.96 Å². The van der Waals surface area contributed by atoms with Crippen molar-refractivity contribution in [3.63, 3.8) is 0 Å². The van der Waals surface area contributed by atoms with Crippen molar-refractivity contribution in [2.24, 2.45) is 4.99 Å². The zero-order valence-electron chi connectivity index (χ0n) is 16.3. The predicted molar refractivity (Wildman–Crippen MR) is 108 cm³/mol. The molecule has 2 rings (SSSR count). The molecule has 0 saturated carbocycles. The maximum absolute atomic E-state index is 12.5. The van der Waals surface area contributed by atoms with Crippen LogP contribution in [0.4, 0.5) is 8.78 Å². The lowest BCUT2D eigenvalue weighted by Gasteiger charge is -2.33. The molecule has 1 aromatic rings. The number of hydrogen-bond acceptors (Lipinski definition) is 3. The van der Waals surface area contributed by atoms with Crippen LogP contribution >= 0.6 is 11.6 Å². The van der Waals surface area contributed by atoms with Crippen LogP contribution in [0.5, 0.6) is 0 Å². The van der Waals surface area contributed by atoms with Crippen molar-refractivity contribution in [1.82, 2.24) is 20.4 Å². The Morgan fingerprint density at radius 1 is 1.26 bits per heavy atom. The van der Waals surface area contributed by atoms with Gasteiger partial charge in [0, 0.05) is 37.7 Å². The summed E-state index contributed by atoms with van der Waals surface area (Å²) >= 11 is 5.99. The third-order valence-corrected chi connectivity index (χ3v) is 5.14. The van der Waals surface area contributed by atoms with Gasteiger partial charge in [0.25, 0.3) is 6.43 Å². The number of halogens is 3. The minimum atomic E-state index is -2.26. The second-order valence-corrected chi connectivity index (χ2v) is 7.53. The van der Waals surface area contributed by atoms with Gasteiger partial charge in [0.05, 0.1) is 12.6 Å². The van der Waals surface area contributed by atoms with Crippen LogP contribution in [-0.2, 0) is 0 Å². The number of nitrogens with zero attached hydrogens (tertiary/aromatic N) is 3. The number of likely N-dealkylation sites (N-methyl/N-ethyl adjacent to an activating group) is 1. The molecule has 1 heterocycles. The largest absolute Gasteiger partial charge is 0.354 e. The van der Waals surface area contributed by atoms with Crippen molar-refractivity contribution in [2.45, 2.75) is 31.4 Å². The Balaban J connectivity index is 1.84. The summed E-state index contributed by atoms with van der Waals surface area (Å²) < 4.78 is 25.0. The van der Waals surface area contributed by atoms with E-state index in [1.165, 1.54) is 5.56 Å². The van der Waals surface area contributed by atoms with Gasteiger partial charge in [-0.25, -0.2) is 8.78 Å². The van der Waals surface area contributed by atoms with E-state index in [-0.39, 0.29) is 18.6 Å². The van der Waals surface area contributed by atoms with Gasteiger partial charge in [-0.05, 0) is 44.6 Å². The molecule has 1 fully saturated rings. The number of alkyl halides is 2. The molecule has 1 atom stereocenters. The van der Waals surface area contributed by atoms with Gasteiger partial charge in [-0.1, -0.05) is 23.7 Å². The molecule has 152 valence electrons. The zero-order chi connectivity index (χ0) is 19.8. The lowest BCUT2D eigenvalue weighted by molar-refractivity contribution is 0.0744. The monoisotopic (exact) mass is 401 g/mol. The lowest BCUT2D eigenvalue weighted by atomic mass is 10.1. The van der Waals surface area contributed by atoms with E-state index in [9.17, 15) is 8.78 Å². The summed E-state index contributed by atoms with van der Waals surface area (Å²) in [5, 5.41) is 7.53. The second kappa shape index (κ2) is 10.8. The highest BCUT2D eigenvalue weighted by molar-refractivity contribution is 6.30. The Morgan fingerprint density at radius 2 is 1.89 bits per heavy atom. The molecule has 0 bridgehead atoms. The van der Waals surface area contributed by atoms with Gasteiger partial charge >= 0.3 is 0 Å². The van der Waals surface area contributed by atoms with E-state index in [0.29, 0.717) is 19.6 Å². The van der Waals surface area contributed by atoms with Crippen molar-refractivity contribution in [1.29, 1.82) is 0 Å². The Labute approximate surface area is 165 Å². The van der Waals surface area contributed by atoms with E-state index in [4.69, 9.17) is 11.6 Å². The highest BCUT2D eigenvalue weighted by Crippen LogP contribution is 2.20. The SMILES string of the molecule is CN=C(NCC(c1ccc(Cl)cc1)N(C)C)NC1CCN(CC(F)F)CC1. The van der Waals surface area contributed by atoms with Gasteiger partial charge in [-0.15, -0.1) is 0 Å². The molecule has 1 aliphatic heterocycles. The van der Waals surface area contributed by atoms with E-state index in [2.05, 4.69) is 20.5 Å². The van der Waals surface area contributed by atoms with Gasteiger partial charge < -0.3 is 15.5 Å². The van der Waals surface area contributed by atoms with Crippen LogP contribution in [-0.4, -0.2) is 75.5 Å². The molecule has 1 aromatic carbocycles. The Kier molecular flexibility index (Phi) is 8.73. The van der Waals surface area contributed by atoms with Crippen LogP contribution in [0.2, 0.25) is 5.02 Å². The van der Waals surface area contributed by atoms with Crippen molar-refractivity contribution >= 4 is 17.6 Å². The first kappa shape index (κ1) is 21.9. The molecule has 0 aliphatic carbocycles. The van der Waals surface area contributed by atoms with E-state index >= 15 is 0 Å². The highest BCUT2D eigenvalue weighted by atomic mass is 35.5. The third-order valence-electron chi connectivity index (χ3n) is 4.89. The smallest absolute Gasteiger partial charge is 0.251 e. The van der Waals surface area contributed by atoms with Gasteiger partial charge in [-0.2, -0.15) is 0 Å². The molecule has 2 N–H and O–H groups in total. The number of hydrogen-bond donors (Lipinski definition) is 2. The second-order valence-electron chi connectivity index (χ2n) is 7.09. The standard InChI is InChI=1S/C19H30ClF2N5/c1-23-19(25-16-8-10-27(11-9-16)13-18(21)22)24-12-17(26(2)3)14-4-6-15(20)7-5-14/h4-7,16-18H,8-13H2,1-3H3,(H2,23,24,25). The number of nitrogens with one attached hydrogen (secondary N) is 2. The summed E-state index contributed by atoms with van der Waals surface area (Å²) in [5.41, 5.74) is 1.17. The summed E-state index contributed by atoms with van der Waals surface area (Å²) in [7, 11) is 5.82. The van der Waals surface area contributed by atoms with Crippen LogP contribution < -0.4 is 10.6 Å². The van der Waals surface area contributed by atoms with Crippen LogP contribution in [0.25, 0.3) is 0 Å².